The lowest BCUT2D eigenvalue weighted by atomic mass is 10.1. The van der Waals surface area contributed by atoms with Crippen LogP contribution >= 0.6 is 0 Å². The number of ether oxygens (including phenoxy) is 1. The lowest BCUT2D eigenvalue weighted by Crippen LogP contribution is -2.20. The van der Waals surface area contributed by atoms with Gasteiger partial charge in [-0.05, 0) is 86.0 Å². The van der Waals surface area contributed by atoms with Crippen molar-refractivity contribution < 1.29 is 17.9 Å². The number of aryl methyl sites for hydroxylation is 3. The molecule has 3 rings (SSSR count). The second-order valence-corrected chi connectivity index (χ2v) is 8.84. The molecule has 6 nitrogen and oxygen atoms in total. The van der Waals surface area contributed by atoms with Crippen molar-refractivity contribution in [2.45, 2.75) is 25.7 Å². The van der Waals surface area contributed by atoms with Crippen molar-refractivity contribution in [2.75, 3.05) is 16.6 Å². The second kappa shape index (κ2) is 9.00. The summed E-state index contributed by atoms with van der Waals surface area (Å²) in [7, 11) is -3.72. The predicted octanol–water partition coefficient (Wildman–Crippen LogP) is 4.43. The molecule has 3 aromatic rings. The number of carbonyl (C=O) groups is 1. The molecule has 0 aliphatic carbocycles. The number of rotatable bonds is 7. The fourth-order valence-electron chi connectivity index (χ4n) is 3.00. The summed E-state index contributed by atoms with van der Waals surface area (Å²) < 4.78 is 33.2. The second-order valence-electron chi connectivity index (χ2n) is 7.16. The van der Waals surface area contributed by atoms with Crippen LogP contribution in [0.4, 0.5) is 11.4 Å². The molecule has 0 spiro atoms. The molecular weight excluding hydrogens is 400 g/mol. The van der Waals surface area contributed by atoms with Gasteiger partial charge >= 0.3 is 0 Å². The topological polar surface area (TPSA) is 84.5 Å². The Kier molecular flexibility index (Phi) is 6.42. The molecule has 0 aliphatic heterocycles. The molecular formula is C23H24N2O4S. The van der Waals surface area contributed by atoms with Gasteiger partial charge in [-0.1, -0.05) is 18.2 Å². The number of hydrogen-bond acceptors (Lipinski definition) is 4. The largest absolute Gasteiger partial charge is 0.484 e. The third-order valence-electron chi connectivity index (χ3n) is 4.28. The molecule has 30 heavy (non-hydrogen) atoms. The quantitative estimate of drug-likeness (QED) is 0.588. The maximum atomic E-state index is 12.5. The Morgan fingerprint density at radius 2 is 1.50 bits per heavy atom. The number of sulfonamides is 1. The summed E-state index contributed by atoms with van der Waals surface area (Å²) in [5, 5.41) is 2.70. The maximum Gasteiger partial charge on any atom is 0.262 e. The van der Waals surface area contributed by atoms with Crippen LogP contribution in [0.15, 0.2) is 71.6 Å². The van der Waals surface area contributed by atoms with Crippen molar-refractivity contribution in [2.24, 2.45) is 0 Å². The molecule has 0 aliphatic rings. The highest BCUT2D eigenvalue weighted by Crippen LogP contribution is 2.19. The van der Waals surface area contributed by atoms with E-state index >= 15 is 0 Å². The summed E-state index contributed by atoms with van der Waals surface area (Å²) in [4.78, 5) is 12.2. The monoisotopic (exact) mass is 424 g/mol. The number of hydrogen-bond donors (Lipinski definition) is 2. The summed E-state index contributed by atoms with van der Waals surface area (Å²) in [6.07, 6.45) is 0. The lowest BCUT2D eigenvalue weighted by molar-refractivity contribution is -0.118. The average molecular weight is 425 g/mol. The highest BCUT2D eigenvalue weighted by Gasteiger charge is 2.14. The minimum Gasteiger partial charge on any atom is -0.484 e. The van der Waals surface area contributed by atoms with E-state index in [1.54, 1.807) is 30.3 Å². The van der Waals surface area contributed by atoms with Gasteiger partial charge in [0.15, 0.2) is 6.61 Å². The van der Waals surface area contributed by atoms with Crippen molar-refractivity contribution in [3.8, 4) is 5.75 Å². The van der Waals surface area contributed by atoms with Gasteiger partial charge in [-0.25, -0.2) is 8.42 Å². The molecule has 0 aromatic heterocycles. The molecule has 0 fully saturated rings. The molecule has 0 saturated heterocycles. The van der Waals surface area contributed by atoms with Gasteiger partial charge in [0.1, 0.15) is 5.75 Å². The van der Waals surface area contributed by atoms with Gasteiger partial charge in [0.25, 0.3) is 15.9 Å². The lowest BCUT2D eigenvalue weighted by Gasteiger charge is -2.11. The molecule has 0 radical (unpaired) electrons. The van der Waals surface area contributed by atoms with Crippen LogP contribution in [0.25, 0.3) is 0 Å². The molecule has 0 saturated carbocycles. The van der Waals surface area contributed by atoms with E-state index in [9.17, 15) is 13.2 Å². The molecule has 7 heteroatoms. The number of carbonyl (C=O) groups excluding carboxylic acids is 1. The average Bonchev–Trinajstić information content (AvgIpc) is 2.66. The van der Waals surface area contributed by atoms with Crippen LogP contribution in [0.1, 0.15) is 16.7 Å². The summed E-state index contributed by atoms with van der Waals surface area (Å²) in [5.41, 5.74) is 4.05. The van der Waals surface area contributed by atoms with Crippen LogP contribution in [0.3, 0.4) is 0 Å². The van der Waals surface area contributed by atoms with E-state index in [0.717, 1.165) is 16.7 Å². The summed E-state index contributed by atoms with van der Waals surface area (Å²) >= 11 is 0. The maximum absolute atomic E-state index is 12.5. The van der Waals surface area contributed by atoms with Crippen LogP contribution in [-0.4, -0.2) is 20.9 Å². The van der Waals surface area contributed by atoms with Crippen molar-refractivity contribution >= 4 is 27.3 Å². The molecule has 2 N–H and O–H groups in total. The first kappa shape index (κ1) is 21.4. The van der Waals surface area contributed by atoms with Gasteiger partial charge in [0.05, 0.1) is 4.90 Å². The van der Waals surface area contributed by atoms with Gasteiger partial charge in [-0.15, -0.1) is 0 Å². The van der Waals surface area contributed by atoms with Gasteiger partial charge in [-0.3, -0.25) is 9.52 Å². The third-order valence-corrected chi connectivity index (χ3v) is 5.68. The zero-order valence-electron chi connectivity index (χ0n) is 17.1. The number of anilines is 2. The normalized spacial score (nSPS) is 11.0. The molecule has 156 valence electrons. The Labute approximate surface area is 177 Å². The van der Waals surface area contributed by atoms with E-state index in [0.29, 0.717) is 17.1 Å². The highest BCUT2D eigenvalue weighted by atomic mass is 32.2. The van der Waals surface area contributed by atoms with E-state index in [2.05, 4.69) is 10.0 Å². The van der Waals surface area contributed by atoms with E-state index in [4.69, 9.17) is 4.74 Å². The van der Waals surface area contributed by atoms with Gasteiger partial charge < -0.3 is 10.1 Å². The van der Waals surface area contributed by atoms with Gasteiger partial charge in [0, 0.05) is 11.4 Å². The molecule has 1 amide bonds. The van der Waals surface area contributed by atoms with Crippen molar-refractivity contribution in [3.05, 3.63) is 83.4 Å². The highest BCUT2D eigenvalue weighted by molar-refractivity contribution is 7.92. The Balaban J connectivity index is 1.60. The SMILES string of the molecule is Cc1cccc(NS(=O)(=O)c2ccc(NC(=O)COc3cc(C)cc(C)c3)cc2)c1. The molecule has 0 unspecified atom stereocenters. The van der Waals surface area contributed by atoms with E-state index in [-0.39, 0.29) is 17.4 Å². The fourth-order valence-corrected chi connectivity index (χ4v) is 4.05. The first-order chi connectivity index (χ1) is 14.2. The zero-order valence-corrected chi connectivity index (χ0v) is 17.9. The minimum atomic E-state index is -3.72. The van der Waals surface area contributed by atoms with E-state index < -0.39 is 10.0 Å². The summed E-state index contributed by atoms with van der Waals surface area (Å²) in [6.45, 7) is 5.67. The Morgan fingerprint density at radius 1 is 0.833 bits per heavy atom. The van der Waals surface area contributed by atoms with Crippen LogP contribution in [-0.2, 0) is 14.8 Å². The Hall–Kier alpha value is -3.32. The number of benzene rings is 3. The van der Waals surface area contributed by atoms with Crippen molar-refractivity contribution in [3.63, 3.8) is 0 Å². The van der Waals surface area contributed by atoms with E-state index in [1.165, 1.54) is 12.1 Å². The van der Waals surface area contributed by atoms with Crippen LogP contribution < -0.4 is 14.8 Å². The van der Waals surface area contributed by atoms with Crippen molar-refractivity contribution in [1.29, 1.82) is 0 Å². The van der Waals surface area contributed by atoms with Crippen LogP contribution in [0.2, 0.25) is 0 Å². The smallest absolute Gasteiger partial charge is 0.262 e. The first-order valence-corrected chi connectivity index (χ1v) is 10.9. The Morgan fingerprint density at radius 3 is 2.13 bits per heavy atom. The van der Waals surface area contributed by atoms with Gasteiger partial charge in [-0.2, -0.15) is 0 Å². The fraction of sp³-hybridized carbons (Fsp3) is 0.174. The third kappa shape index (κ3) is 5.84. The number of amides is 1. The molecule has 3 aromatic carbocycles. The molecule has 0 heterocycles. The summed E-state index contributed by atoms with van der Waals surface area (Å²) in [6, 6.07) is 18.8. The van der Waals surface area contributed by atoms with E-state index in [1.807, 2.05) is 45.0 Å². The van der Waals surface area contributed by atoms with Crippen LogP contribution in [0.5, 0.6) is 5.75 Å². The number of nitrogens with one attached hydrogen (secondary N) is 2. The standard InChI is InChI=1S/C23H24N2O4S/c1-16-5-4-6-20(12-16)25-30(27,28)22-9-7-19(8-10-22)24-23(26)15-29-21-13-17(2)11-18(3)14-21/h4-14,25H,15H2,1-3H3,(H,24,26). The summed E-state index contributed by atoms with van der Waals surface area (Å²) in [5.74, 6) is 0.300. The molecule has 0 bridgehead atoms. The van der Waals surface area contributed by atoms with Gasteiger partial charge in [0.2, 0.25) is 0 Å². The predicted molar refractivity (Wildman–Crippen MR) is 118 cm³/mol. The zero-order chi connectivity index (χ0) is 21.7. The first-order valence-electron chi connectivity index (χ1n) is 9.42. The minimum absolute atomic E-state index is 0.105. The Bertz CT molecular complexity index is 1140. The van der Waals surface area contributed by atoms with Crippen molar-refractivity contribution in [1.82, 2.24) is 0 Å². The van der Waals surface area contributed by atoms with Crippen LogP contribution in [0, 0.1) is 20.8 Å². The molecule has 0 atom stereocenters.